The van der Waals surface area contributed by atoms with Crippen molar-refractivity contribution in [3.63, 3.8) is 0 Å². The number of unbranched alkanes of at least 4 members (excludes halogenated alkanes) is 6. The maximum Gasteiger partial charge on any atom is 0.138 e. The lowest BCUT2D eigenvalue weighted by Gasteiger charge is -2.09. The minimum atomic E-state index is 0.486. The van der Waals surface area contributed by atoms with E-state index in [4.69, 9.17) is 39.5 Å². The molecule has 6 heteroatoms. The van der Waals surface area contributed by atoms with E-state index in [2.05, 4.69) is 16.9 Å². The zero-order chi connectivity index (χ0) is 19.9. The molecule has 0 fully saturated rings. The van der Waals surface area contributed by atoms with Crippen LogP contribution in [0.25, 0.3) is 22.4 Å². The predicted molar refractivity (Wildman–Crippen MR) is 120 cm³/mol. The first-order valence-electron chi connectivity index (χ1n) is 9.86. The molecule has 0 amide bonds. The highest BCUT2D eigenvalue weighted by atomic mass is 35.5. The second-order valence-electron chi connectivity index (χ2n) is 6.98. The number of rotatable bonds is 10. The molecule has 28 heavy (non-hydrogen) atoms. The van der Waals surface area contributed by atoms with E-state index in [1.165, 1.54) is 38.5 Å². The summed E-state index contributed by atoms with van der Waals surface area (Å²) in [7, 11) is 0. The summed E-state index contributed by atoms with van der Waals surface area (Å²) in [6.45, 7) is 2.93. The van der Waals surface area contributed by atoms with E-state index in [-0.39, 0.29) is 0 Å². The van der Waals surface area contributed by atoms with Crippen LogP contribution in [0.4, 0.5) is 0 Å². The Balaban J connectivity index is 1.57. The van der Waals surface area contributed by atoms with Gasteiger partial charge in [0.2, 0.25) is 0 Å². The van der Waals surface area contributed by atoms with E-state index < -0.39 is 0 Å². The molecule has 0 saturated carbocycles. The first-order valence-corrected chi connectivity index (χ1v) is 11.0. The summed E-state index contributed by atoms with van der Waals surface area (Å²) in [6.07, 6.45) is 8.80. The van der Waals surface area contributed by atoms with Gasteiger partial charge >= 0.3 is 0 Å². The molecule has 3 nitrogen and oxygen atoms in total. The summed E-state index contributed by atoms with van der Waals surface area (Å²) in [5.41, 5.74) is 2.48. The lowest BCUT2D eigenvalue weighted by atomic mass is 10.1. The lowest BCUT2D eigenvalue weighted by molar-refractivity contribution is 0.304. The standard InChI is InChI=1S/C22H25Cl3N2O/c1-2-3-4-5-6-7-8-11-28-21-10-9-15(12-18(21)25)22-26-19-13-16(23)17(24)14-20(19)27-22/h9-10,12-14H,2-8,11H2,1H3,(H,26,27). The Morgan fingerprint density at radius 3 is 2.32 bits per heavy atom. The molecular formula is C22H25Cl3N2O. The second kappa shape index (κ2) is 10.4. The molecule has 0 radical (unpaired) electrons. The molecule has 0 saturated heterocycles. The number of aromatic nitrogens is 2. The number of H-pyrrole nitrogens is 1. The average Bonchev–Trinajstić information content (AvgIpc) is 3.08. The number of ether oxygens (including phenoxy) is 1. The van der Waals surface area contributed by atoms with E-state index in [9.17, 15) is 0 Å². The normalized spacial score (nSPS) is 11.3. The number of halogens is 3. The number of nitrogens with one attached hydrogen (secondary N) is 1. The van der Waals surface area contributed by atoms with Gasteiger partial charge in [0.25, 0.3) is 0 Å². The van der Waals surface area contributed by atoms with Crippen molar-refractivity contribution in [3.8, 4) is 17.1 Å². The first kappa shape index (κ1) is 21.3. The Labute approximate surface area is 181 Å². The van der Waals surface area contributed by atoms with Crippen LogP contribution in [0.15, 0.2) is 30.3 Å². The summed E-state index contributed by atoms with van der Waals surface area (Å²) >= 11 is 18.6. The van der Waals surface area contributed by atoms with Crippen LogP contribution < -0.4 is 4.74 Å². The topological polar surface area (TPSA) is 37.9 Å². The van der Waals surface area contributed by atoms with E-state index >= 15 is 0 Å². The molecular weight excluding hydrogens is 415 g/mol. The summed E-state index contributed by atoms with van der Waals surface area (Å²) in [6, 6.07) is 9.24. The molecule has 150 valence electrons. The van der Waals surface area contributed by atoms with Crippen molar-refractivity contribution < 1.29 is 4.74 Å². The third-order valence-corrected chi connectivity index (χ3v) is 5.75. The fourth-order valence-corrected chi connectivity index (χ4v) is 3.70. The van der Waals surface area contributed by atoms with Crippen molar-refractivity contribution in [2.75, 3.05) is 6.61 Å². The van der Waals surface area contributed by atoms with Gasteiger partial charge < -0.3 is 9.72 Å². The SMILES string of the molecule is CCCCCCCCCOc1ccc(-c2nc3cc(Cl)c(Cl)cc3[nH]2)cc1Cl. The Morgan fingerprint density at radius 1 is 0.857 bits per heavy atom. The molecule has 1 heterocycles. The van der Waals surface area contributed by atoms with Gasteiger partial charge in [-0.15, -0.1) is 0 Å². The monoisotopic (exact) mass is 438 g/mol. The van der Waals surface area contributed by atoms with E-state index in [1.807, 2.05) is 18.2 Å². The van der Waals surface area contributed by atoms with Crippen LogP contribution in [0.2, 0.25) is 15.1 Å². The van der Waals surface area contributed by atoms with Crippen LogP contribution in [0.1, 0.15) is 51.9 Å². The van der Waals surface area contributed by atoms with E-state index in [1.54, 1.807) is 12.1 Å². The van der Waals surface area contributed by atoms with Gasteiger partial charge in [-0.3, -0.25) is 0 Å². The van der Waals surface area contributed by atoms with Gasteiger partial charge in [-0.1, -0.05) is 80.3 Å². The quantitative estimate of drug-likeness (QED) is 0.322. The average molecular weight is 440 g/mol. The number of benzene rings is 2. The van der Waals surface area contributed by atoms with Crippen molar-refractivity contribution in [3.05, 3.63) is 45.4 Å². The van der Waals surface area contributed by atoms with Crippen LogP contribution in [0.3, 0.4) is 0 Å². The van der Waals surface area contributed by atoms with Crippen LogP contribution in [0, 0.1) is 0 Å². The van der Waals surface area contributed by atoms with Gasteiger partial charge in [-0.25, -0.2) is 4.98 Å². The van der Waals surface area contributed by atoms with Crippen molar-refractivity contribution >= 4 is 45.8 Å². The fourth-order valence-electron chi connectivity index (χ4n) is 3.15. The maximum atomic E-state index is 6.42. The highest BCUT2D eigenvalue weighted by molar-refractivity contribution is 6.42. The summed E-state index contributed by atoms with van der Waals surface area (Å²) < 4.78 is 5.85. The second-order valence-corrected chi connectivity index (χ2v) is 8.21. The lowest BCUT2D eigenvalue weighted by Crippen LogP contribution is -1.98. The molecule has 0 aliphatic heterocycles. The summed E-state index contributed by atoms with van der Waals surface area (Å²) in [4.78, 5) is 7.83. The van der Waals surface area contributed by atoms with Gasteiger partial charge in [-0.05, 0) is 36.8 Å². The number of hydrogen-bond donors (Lipinski definition) is 1. The Bertz CT molecular complexity index is 885. The smallest absolute Gasteiger partial charge is 0.138 e. The van der Waals surface area contributed by atoms with Crippen molar-refractivity contribution in [1.82, 2.24) is 9.97 Å². The van der Waals surface area contributed by atoms with Gasteiger partial charge in [0.1, 0.15) is 11.6 Å². The number of aromatic amines is 1. The molecule has 1 aromatic heterocycles. The van der Waals surface area contributed by atoms with Crippen LogP contribution in [0.5, 0.6) is 5.75 Å². The van der Waals surface area contributed by atoms with Crippen LogP contribution in [-0.4, -0.2) is 16.6 Å². The van der Waals surface area contributed by atoms with Crippen LogP contribution in [-0.2, 0) is 0 Å². The van der Waals surface area contributed by atoms with Gasteiger partial charge in [-0.2, -0.15) is 0 Å². The largest absolute Gasteiger partial charge is 0.492 e. The summed E-state index contributed by atoms with van der Waals surface area (Å²) in [5, 5.41) is 1.56. The zero-order valence-corrected chi connectivity index (χ0v) is 18.3. The Kier molecular flexibility index (Phi) is 7.90. The van der Waals surface area contributed by atoms with E-state index in [0.29, 0.717) is 33.2 Å². The van der Waals surface area contributed by atoms with Crippen molar-refractivity contribution in [1.29, 1.82) is 0 Å². The molecule has 0 unspecified atom stereocenters. The van der Waals surface area contributed by atoms with Gasteiger partial charge in [0.05, 0.1) is 32.7 Å². The Hall–Kier alpha value is -1.42. The molecule has 3 aromatic rings. The minimum Gasteiger partial charge on any atom is -0.492 e. The third kappa shape index (κ3) is 5.56. The van der Waals surface area contributed by atoms with E-state index in [0.717, 1.165) is 23.0 Å². The zero-order valence-electron chi connectivity index (χ0n) is 16.0. The summed E-state index contributed by atoms with van der Waals surface area (Å²) in [5.74, 6) is 1.42. The molecule has 0 spiro atoms. The maximum absolute atomic E-state index is 6.42. The number of nitrogens with zero attached hydrogens (tertiary/aromatic N) is 1. The molecule has 0 bridgehead atoms. The highest BCUT2D eigenvalue weighted by Crippen LogP contribution is 2.32. The molecule has 2 aromatic carbocycles. The van der Waals surface area contributed by atoms with Gasteiger partial charge in [0, 0.05) is 5.56 Å². The van der Waals surface area contributed by atoms with Gasteiger partial charge in [0.15, 0.2) is 0 Å². The molecule has 0 aliphatic rings. The minimum absolute atomic E-state index is 0.486. The molecule has 1 N–H and O–H groups in total. The van der Waals surface area contributed by atoms with Crippen molar-refractivity contribution in [2.45, 2.75) is 51.9 Å². The van der Waals surface area contributed by atoms with Crippen molar-refractivity contribution in [2.24, 2.45) is 0 Å². The predicted octanol–water partition coefficient (Wildman–Crippen LogP) is 8.32. The number of imidazole rings is 1. The number of fused-ring (bicyclic) bond motifs is 1. The molecule has 3 rings (SSSR count). The molecule has 0 aliphatic carbocycles. The van der Waals surface area contributed by atoms with Crippen LogP contribution >= 0.6 is 34.8 Å². The third-order valence-electron chi connectivity index (χ3n) is 4.73. The first-order chi connectivity index (χ1) is 13.6. The number of hydrogen-bond acceptors (Lipinski definition) is 2. The Morgan fingerprint density at radius 2 is 1.57 bits per heavy atom. The molecule has 0 atom stereocenters. The fraction of sp³-hybridized carbons (Fsp3) is 0.409. The highest BCUT2D eigenvalue weighted by Gasteiger charge is 2.10.